The number of carbonyl (C=O) groups is 3. The quantitative estimate of drug-likeness (QED) is 0.334. The first-order valence-electron chi connectivity index (χ1n) is 9.77. The Morgan fingerprint density at radius 3 is 2.53 bits per heavy atom. The minimum Gasteiger partial charge on any atom is -0.507 e. The van der Waals surface area contributed by atoms with Gasteiger partial charge in [0.05, 0.1) is 22.9 Å². The van der Waals surface area contributed by atoms with Gasteiger partial charge in [0.15, 0.2) is 11.6 Å². The van der Waals surface area contributed by atoms with Gasteiger partial charge in [-0.05, 0) is 25.0 Å². The zero-order chi connectivity index (χ0) is 21.3. The Hall–Kier alpha value is -3.67. The number of aliphatic hydroxyl groups is 1. The third-order valence-electron chi connectivity index (χ3n) is 5.62. The maximum atomic E-state index is 12.4. The van der Waals surface area contributed by atoms with Crippen molar-refractivity contribution < 1.29 is 24.2 Å². The van der Waals surface area contributed by atoms with Crippen molar-refractivity contribution in [3.05, 3.63) is 35.8 Å². The predicted molar refractivity (Wildman–Crippen MR) is 104 cm³/mol. The van der Waals surface area contributed by atoms with Gasteiger partial charge in [-0.2, -0.15) is 5.26 Å². The number of hydrogen-bond donors (Lipinski definition) is 2. The number of aromatic amines is 1. The highest BCUT2D eigenvalue weighted by atomic mass is 16.5. The number of nitriles is 1. The van der Waals surface area contributed by atoms with E-state index >= 15 is 0 Å². The SMILES string of the molecule is N#C/C(=C(/O)COC(=O)CN1C(=O)[C@@H]2CCCC[C@H]2C1=O)c1nc2ccccc2[nH]1. The van der Waals surface area contributed by atoms with Crippen LogP contribution >= 0.6 is 0 Å². The van der Waals surface area contributed by atoms with Crippen molar-refractivity contribution in [2.75, 3.05) is 13.2 Å². The van der Waals surface area contributed by atoms with Crippen LogP contribution < -0.4 is 0 Å². The van der Waals surface area contributed by atoms with Crippen LogP contribution in [0, 0.1) is 23.2 Å². The Labute approximate surface area is 171 Å². The normalized spacial score (nSPS) is 21.9. The minimum absolute atomic E-state index is 0.154. The Morgan fingerprint density at radius 1 is 1.23 bits per heavy atom. The van der Waals surface area contributed by atoms with E-state index in [1.54, 1.807) is 24.3 Å². The average molecular weight is 408 g/mol. The molecule has 1 aromatic carbocycles. The number of nitrogens with zero attached hydrogens (tertiary/aromatic N) is 3. The standard InChI is InChI=1S/C21H20N4O5/c22-9-14(19-23-15-7-3-4-8-16(15)24-19)17(26)11-30-18(27)10-25-20(28)12-5-1-2-6-13(12)21(25)29/h3-4,7-8,12-13,26H,1-2,5-6,10-11H2,(H,23,24)/b17-14-/t12-,13-/m1/s1. The maximum Gasteiger partial charge on any atom is 0.326 e. The van der Waals surface area contributed by atoms with Crippen molar-refractivity contribution in [2.24, 2.45) is 11.8 Å². The number of rotatable bonds is 5. The number of para-hydroxylation sites is 2. The third-order valence-corrected chi connectivity index (χ3v) is 5.62. The number of esters is 1. The van der Waals surface area contributed by atoms with Crippen LogP contribution in [0.4, 0.5) is 0 Å². The molecule has 2 atom stereocenters. The number of amides is 2. The monoisotopic (exact) mass is 408 g/mol. The summed E-state index contributed by atoms with van der Waals surface area (Å²) in [6.45, 7) is -1.06. The van der Waals surface area contributed by atoms with E-state index in [4.69, 9.17) is 4.74 Å². The fraction of sp³-hybridized carbons (Fsp3) is 0.381. The molecule has 0 unspecified atom stereocenters. The van der Waals surface area contributed by atoms with Gasteiger partial charge in [0.1, 0.15) is 24.8 Å². The number of H-pyrrole nitrogens is 1. The fourth-order valence-corrected chi connectivity index (χ4v) is 4.11. The number of likely N-dealkylation sites (tertiary alicyclic amines) is 1. The number of carbonyl (C=O) groups excluding carboxylic acids is 3. The van der Waals surface area contributed by atoms with Gasteiger partial charge in [-0.1, -0.05) is 25.0 Å². The van der Waals surface area contributed by atoms with Crippen LogP contribution in [0.3, 0.4) is 0 Å². The van der Waals surface area contributed by atoms with Crippen molar-refractivity contribution in [3.8, 4) is 6.07 Å². The summed E-state index contributed by atoms with van der Waals surface area (Å²) in [5.74, 6) is -2.50. The number of benzene rings is 1. The van der Waals surface area contributed by atoms with Crippen LogP contribution in [0.2, 0.25) is 0 Å². The van der Waals surface area contributed by atoms with Crippen LogP contribution in [0.15, 0.2) is 30.0 Å². The molecule has 2 heterocycles. The van der Waals surface area contributed by atoms with Gasteiger partial charge in [0.25, 0.3) is 0 Å². The van der Waals surface area contributed by atoms with Gasteiger partial charge in [0, 0.05) is 0 Å². The lowest BCUT2D eigenvalue weighted by molar-refractivity contribution is -0.152. The molecule has 1 saturated carbocycles. The van der Waals surface area contributed by atoms with Crippen molar-refractivity contribution >= 4 is 34.4 Å². The van der Waals surface area contributed by atoms with Crippen LogP contribution in [0.5, 0.6) is 0 Å². The largest absolute Gasteiger partial charge is 0.507 e. The summed E-state index contributed by atoms with van der Waals surface area (Å²) in [4.78, 5) is 45.2. The molecule has 154 valence electrons. The Bertz CT molecular complexity index is 1040. The van der Waals surface area contributed by atoms with E-state index in [1.807, 2.05) is 6.07 Å². The Kier molecular flexibility index (Phi) is 5.23. The van der Waals surface area contributed by atoms with Gasteiger partial charge < -0.3 is 14.8 Å². The number of allylic oxidation sites excluding steroid dienone is 1. The molecule has 9 heteroatoms. The molecule has 2 aliphatic rings. The number of nitrogens with one attached hydrogen (secondary N) is 1. The van der Waals surface area contributed by atoms with Crippen molar-refractivity contribution in [3.63, 3.8) is 0 Å². The van der Waals surface area contributed by atoms with Crippen molar-refractivity contribution in [2.45, 2.75) is 25.7 Å². The zero-order valence-corrected chi connectivity index (χ0v) is 16.1. The van der Waals surface area contributed by atoms with Crippen LogP contribution in [0.1, 0.15) is 31.5 Å². The van der Waals surface area contributed by atoms with Gasteiger partial charge in [-0.15, -0.1) is 0 Å². The van der Waals surface area contributed by atoms with Gasteiger partial charge in [0.2, 0.25) is 11.8 Å². The molecule has 0 bridgehead atoms. The molecule has 1 aromatic heterocycles. The number of hydrogen-bond acceptors (Lipinski definition) is 7. The summed E-state index contributed by atoms with van der Waals surface area (Å²) in [7, 11) is 0. The van der Waals surface area contributed by atoms with Crippen molar-refractivity contribution in [1.29, 1.82) is 5.26 Å². The highest BCUT2D eigenvalue weighted by Gasteiger charge is 2.48. The van der Waals surface area contributed by atoms with E-state index in [0.29, 0.717) is 23.9 Å². The third kappa shape index (κ3) is 3.52. The number of imidazole rings is 1. The van der Waals surface area contributed by atoms with Crippen LogP contribution in [-0.4, -0.2) is 50.9 Å². The molecule has 30 heavy (non-hydrogen) atoms. The van der Waals surface area contributed by atoms with Gasteiger partial charge in [-0.3, -0.25) is 19.3 Å². The summed E-state index contributed by atoms with van der Waals surface area (Å²) < 4.78 is 5.01. The van der Waals surface area contributed by atoms with Crippen LogP contribution in [-0.2, 0) is 19.1 Å². The summed E-state index contributed by atoms with van der Waals surface area (Å²) in [5.41, 5.74) is 1.16. The molecule has 2 amide bonds. The second kappa shape index (κ2) is 7.99. The van der Waals surface area contributed by atoms with E-state index in [9.17, 15) is 24.8 Å². The maximum absolute atomic E-state index is 12.4. The lowest BCUT2D eigenvalue weighted by Gasteiger charge is -2.19. The lowest BCUT2D eigenvalue weighted by atomic mass is 9.81. The number of fused-ring (bicyclic) bond motifs is 2. The molecule has 2 N–H and O–H groups in total. The van der Waals surface area contributed by atoms with E-state index in [2.05, 4.69) is 9.97 Å². The first-order chi connectivity index (χ1) is 14.5. The Balaban J connectivity index is 1.42. The first-order valence-corrected chi connectivity index (χ1v) is 9.77. The molecular weight excluding hydrogens is 388 g/mol. The fourth-order valence-electron chi connectivity index (χ4n) is 4.11. The molecule has 1 aliphatic heterocycles. The number of ether oxygens (including phenoxy) is 1. The van der Waals surface area contributed by atoms with E-state index < -0.39 is 24.9 Å². The van der Waals surface area contributed by atoms with E-state index in [1.165, 1.54) is 0 Å². The molecule has 4 rings (SSSR count). The molecule has 0 radical (unpaired) electrons. The smallest absolute Gasteiger partial charge is 0.326 e. The summed E-state index contributed by atoms with van der Waals surface area (Å²) in [6, 6.07) is 8.98. The number of aromatic nitrogens is 2. The van der Waals surface area contributed by atoms with E-state index in [-0.39, 0.29) is 35.0 Å². The summed E-state index contributed by atoms with van der Waals surface area (Å²) >= 11 is 0. The van der Waals surface area contributed by atoms with E-state index in [0.717, 1.165) is 17.7 Å². The van der Waals surface area contributed by atoms with Crippen LogP contribution in [0.25, 0.3) is 16.6 Å². The summed E-state index contributed by atoms with van der Waals surface area (Å²) in [5, 5.41) is 19.6. The Morgan fingerprint density at radius 2 is 1.90 bits per heavy atom. The molecular formula is C21H20N4O5. The van der Waals surface area contributed by atoms with Gasteiger partial charge in [-0.25, -0.2) is 4.98 Å². The highest BCUT2D eigenvalue weighted by Crippen LogP contribution is 2.37. The topological polar surface area (TPSA) is 136 Å². The molecule has 9 nitrogen and oxygen atoms in total. The lowest BCUT2D eigenvalue weighted by Crippen LogP contribution is -2.36. The second-order valence-corrected chi connectivity index (χ2v) is 7.46. The molecule has 0 spiro atoms. The second-order valence-electron chi connectivity index (χ2n) is 7.46. The molecule has 1 saturated heterocycles. The predicted octanol–water partition coefficient (Wildman–Crippen LogP) is 2.07. The molecule has 2 aromatic rings. The van der Waals surface area contributed by atoms with Crippen molar-refractivity contribution in [1.82, 2.24) is 14.9 Å². The van der Waals surface area contributed by atoms with Gasteiger partial charge >= 0.3 is 5.97 Å². The molecule has 1 aliphatic carbocycles. The average Bonchev–Trinajstić information content (AvgIpc) is 3.28. The number of aliphatic hydroxyl groups excluding tert-OH is 1. The highest BCUT2D eigenvalue weighted by molar-refractivity contribution is 6.07. The summed E-state index contributed by atoms with van der Waals surface area (Å²) in [6.07, 6.45) is 3.12. The first kappa shape index (κ1) is 19.6. The molecule has 2 fully saturated rings. The number of imide groups is 1. The zero-order valence-electron chi connectivity index (χ0n) is 16.1. The minimum atomic E-state index is -0.830.